The largest absolute Gasteiger partial charge is 0.616 e. The fourth-order valence-electron chi connectivity index (χ4n) is 0.391. The third-order valence-electron chi connectivity index (χ3n) is 0.883. The smallest absolute Gasteiger partial charge is 0.328 e. The zero-order valence-electron chi connectivity index (χ0n) is 5.20. The molecule has 9 heavy (non-hydrogen) atoms. The van der Waals surface area contributed by atoms with Crippen LogP contribution in [-0.2, 0) is 0 Å². The van der Waals surface area contributed by atoms with E-state index in [0.717, 1.165) is 0 Å². The highest BCUT2D eigenvalue weighted by atomic mass is 28.5. The average molecular weight is 157 g/mol. The van der Waals surface area contributed by atoms with Gasteiger partial charge >= 0.3 is 9.08 Å². The minimum Gasteiger partial charge on any atom is -0.328 e. The Labute approximate surface area is 53.6 Å². The van der Waals surface area contributed by atoms with E-state index in [1.165, 1.54) is 0 Å². The summed E-state index contributed by atoms with van der Waals surface area (Å²) in [4.78, 5) is 0. The molecule has 0 bridgehead atoms. The van der Waals surface area contributed by atoms with E-state index >= 15 is 0 Å². The lowest BCUT2D eigenvalue weighted by Crippen LogP contribution is -2.21. The highest BCUT2D eigenvalue weighted by Crippen LogP contribution is 2.17. The lowest BCUT2D eigenvalue weighted by Gasteiger charge is -2.04. The van der Waals surface area contributed by atoms with E-state index in [9.17, 15) is 12.3 Å². The highest BCUT2D eigenvalue weighted by molar-refractivity contribution is 6.58. The summed E-state index contributed by atoms with van der Waals surface area (Å²) in [7, 11) is -5.30. The van der Waals surface area contributed by atoms with E-state index in [1.807, 2.05) is 0 Å². The Bertz CT molecular complexity index is 80.4. The molecule has 2 N–H and O–H groups in total. The molecule has 0 radical (unpaired) electrons. The van der Waals surface area contributed by atoms with Crippen LogP contribution in [0.25, 0.3) is 0 Å². The Morgan fingerprint density at radius 2 is 1.89 bits per heavy atom. The molecule has 1 nitrogen and oxygen atoms in total. The van der Waals surface area contributed by atoms with Gasteiger partial charge in [0.15, 0.2) is 0 Å². The van der Waals surface area contributed by atoms with Crippen LogP contribution in [-0.4, -0.2) is 15.1 Å². The van der Waals surface area contributed by atoms with Crippen LogP contribution < -0.4 is 5.73 Å². The van der Waals surface area contributed by atoms with Gasteiger partial charge in [-0.1, -0.05) is 0 Å². The first kappa shape index (κ1) is 8.97. The first-order chi connectivity index (χ1) is 3.92. The topological polar surface area (TPSA) is 26.0 Å². The molecule has 0 aromatic heterocycles. The molecule has 0 aromatic carbocycles. The molecule has 5 heteroatoms. The van der Waals surface area contributed by atoms with Crippen molar-refractivity contribution in [1.29, 1.82) is 0 Å². The van der Waals surface area contributed by atoms with E-state index in [0.29, 0.717) is 0 Å². The molecular formula is C4H10F3NSi. The third-order valence-corrected chi connectivity index (χ3v) is 1.74. The van der Waals surface area contributed by atoms with Crippen molar-refractivity contribution in [3.63, 3.8) is 0 Å². The molecule has 0 fully saturated rings. The Hall–Kier alpha value is -0.0331. The monoisotopic (exact) mass is 157 g/mol. The van der Waals surface area contributed by atoms with Crippen molar-refractivity contribution in [3.05, 3.63) is 0 Å². The molecule has 1 atom stereocenters. The predicted molar refractivity (Wildman–Crippen MR) is 32.2 cm³/mol. The maximum Gasteiger partial charge on any atom is 0.616 e. The van der Waals surface area contributed by atoms with Crippen LogP contribution in [0.15, 0.2) is 0 Å². The lowest BCUT2D eigenvalue weighted by molar-refractivity contribution is 0.457. The van der Waals surface area contributed by atoms with Crippen molar-refractivity contribution in [1.82, 2.24) is 0 Å². The van der Waals surface area contributed by atoms with Crippen LogP contribution >= 0.6 is 0 Å². The van der Waals surface area contributed by atoms with Gasteiger partial charge in [-0.3, -0.25) is 0 Å². The summed E-state index contributed by atoms with van der Waals surface area (Å²) in [6.45, 7) is 1.58. The van der Waals surface area contributed by atoms with Crippen LogP contribution in [0.5, 0.6) is 0 Å². The fourth-order valence-corrected chi connectivity index (χ4v) is 1.17. The molecule has 0 aliphatic carbocycles. The maximum absolute atomic E-state index is 11.5. The van der Waals surface area contributed by atoms with Gasteiger partial charge in [-0.2, -0.15) is 0 Å². The zero-order valence-corrected chi connectivity index (χ0v) is 6.20. The van der Waals surface area contributed by atoms with Gasteiger partial charge in [-0.25, -0.2) is 12.3 Å². The van der Waals surface area contributed by atoms with E-state index in [1.54, 1.807) is 6.92 Å². The summed E-state index contributed by atoms with van der Waals surface area (Å²) < 4.78 is 34.5. The standard InChI is InChI=1S/C4H10F3NSi/c1-4(8)2-3-9(5,6)7/h4H,2-3,8H2,1H3. The molecule has 56 valence electrons. The SMILES string of the molecule is CC(N)CC[Si](F)(F)F. The van der Waals surface area contributed by atoms with Gasteiger partial charge in [0, 0.05) is 12.1 Å². The van der Waals surface area contributed by atoms with E-state index < -0.39 is 15.1 Å². The quantitative estimate of drug-likeness (QED) is 0.488. The van der Waals surface area contributed by atoms with Crippen LogP contribution in [0, 0.1) is 0 Å². The van der Waals surface area contributed by atoms with Gasteiger partial charge in [0.25, 0.3) is 0 Å². The number of halogens is 3. The third kappa shape index (κ3) is 7.97. The van der Waals surface area contributed by atoms with Crippen molar-refractivity contribution in [3.8, 4) is 0 Å². The Kier molecular flexibility index (Phi) is 3.20. The average Bonchev–Trinajstić information content (AvgIpc) is 1.59. The second-order valence-corrected chi connectivity index (χ2v) is 3.86. The first-order valence-corrected chi connectivity index (χ1v) is 4.58. The zero-order chi connectivity index (χ0) is 7.49. The second-order valence-electron chi connectivity index (χ2n) is 2.13. The van der Waals surface area contributed by atoms with Crippen molar-refractivity contribution >= 4 is 9.08 Å². The molecule has 1 unspecified atom stereocenters. The molecule has 0 rings (SSSR count). The van der Waals surface area contributed by atoms with Gasteiger partial charge in [-0.15, -0.1) is 0 Å². The summed E-state index contributed by atoms with van der Waals surface area (Å²) in [5, 5.41) is 0. The number of hydrogen-bond acceptors (Lipinski definition) is 1. The van der Waals surface area contributed by atoms with Crippen LogP contribution in [0.4, 0.5) is 12.3 Å². The summed E-state index contributed by atoms with van der Waals surface area (Å²) in [5.41, 5.74) is 5.12. The molecule has 0 aromatic rings. The molecular weight excluding hydrogens is 147 g/mol. The van der Waals surface area contributed by atoms with Gasteiger partial charge < -0.3 is 5.73 Å². The number of hydrogen-bond donors (Lipinski definition) is 1. The normalized spacial score (nSPS) is 15.7. The highest BCUT2D eigenvalue weighted by Gasteiger charge is 2.35. The minimum atomic E-state index is -5.30. The first-order valence-electron chi connectivity index (χ1n) is 2.74. The van der Waals surface area contributed by atoms with Crippen LogP contribution in [0.3, 0.4) is 0 Å². The fraction of sp³-hybridized carbons (Fsp3) is 1.00. The van der Waals surface area contributed by atoms with Gasteiger partial charge in [0.2, 0.25) is 0 Å². The number of rotatable bonds is 3. The molecule has 0 saturated carbocycles. The maximum atomic E-state index is 11.5. The van der Waals surface area contributed by atoms with Crippen molar-refractivity contribution < 1.29 is 12.3 Å². The van der Waals surface area contributed by atoms with Crippen LogP contribution in [0.1, 0.15) is 13.3 Å². The summed E-state index contributed by atoms with van der Waals surface area (Å²) in [6, 6.07) is -0.955. The molecule has 0 spiro atoms. The van der Waals surface area contributed by atoms with E-state index in [4.69, 9.17) is 5.73 Å². The molecule has 0 heterocycles. The lowest BCUT2D eigenvalue weighted by atomic mass is 10.3. The van der Waals surface area contributed by atoms with Crippen molar-refractivity contribution in [2.45, 2.75) is 25.4 Å². The van der Waals surface area contributed by atoms with E-state index in [2.05, 4.69) is 0 Å². The van der Waals surface area contributed by atoms with Crippen molar-refractivity contribution in [2.24, 2.45) is 5.73 Å². The van der Waals surface area contributed by atoms with Gasteiger partial charge in [-0.05, 0) is 13.3 Å². The van der Waals surface area contributed by atoms with E-state index in [-0.39, 0.29) is 12.5 Å². The summed E-state index contributed by atoms with van der Waals surface area (Å²) >= 11 is 0. The van der Waals surface area contributed by atoms with Gasteiger partial charge in [0.1, 0.15) is 0 Å². The predicted octanol–water partition coefficient (Wildman–Crippen LogP) is 1.57. The Balaban J connectivity index is 3.28. The van der Waals surface area contributed by atoms with Crippen LogP contribution in [0.2, 0.25) is 6.04 Å². The second kappa shape index (κ2) is 3.22. The summed E-state index contributed by atoms with van der Waals surface area (Å²) in [5.74, 6) is 0. The Morgan fingerprint density at radius 3 is 2.00 bits per heavy atom. The Morgan fingerprint density at radius 1 is 1.44 bits per heavy atom. The molecule has 0 aliphatic heterocycles. The molecule has 0 amide bonds. The molecule has 0 saturated heterocycles. The van der Waals surface area contributed by atoms with Gasteiger partial charge in [0.05, 0.1) is 0 Å². The molecule has 0 aliphatic rings. The minimum absolute atomic E-state index is 0.0791. The number of nitrogens with two attached hydrogens (primary N) is 1. The summed E-state index contributed by atoms with van der Waals surface area (Å²) in [6.07, 6.45) is 0.0791. The van der Waals surface area contributed by atoms with Crippen molar-refractivity contribution in [2.75, 3.05) is 0 Å².